The van der Waals surface area contributed by atoms with Gasteiger partial charge in [-0.05, 0) is 76.0 Å². The number of hydrogen-bond donors (Lipinski definition) is 0. The highest BCUT2D eigenvalue weighted by molar-refractivity contribution is 6.02. The van der Waals surface area contributed by atoms with Gasteiger partial charge in [-0.3, -0.25) is 9.69 Å². The van der Waals surface area contributed by atoms with Crippen LogP contribution < -0.4 is 4.90 Å². The second kappa shape index (κ2) is 14.1. The van der Waals surface area contributed by atoms with Gasteiger partial charge in [0.15, 0.2) is 5.82 Å². The lowest BCUT2D eigenvalue weighted by Crippen LogP contribution is -2.44. The monoisotopic (exact) mass is 483 g/mol. The molecule has 1 aromatic heterocycles. The van der Waals surface area contributed by atoms with Gasteiger partial charge in [0.25, 0.3) is 0 Å². The van der Waals surface area contributed by atoms with E-state index in [9.17, 15) is 9.59 Å². The van der Waals surface area contributed by atoms with Gasteiger partial charge in [0, 0.05) is 18.2 Å². The van der Waals surface area contributed by atoms with Crippen LogP contribution in [0.1, 0.15) is 103 Å². The minimum atomic E-state index is -0.442. The topological polar surface area (TPSA) is 64.4 Å². The number of ether oxygens (including phenoxy) is 1. The molecule has 1 aromatic carbocycles. The summed E-state index contributed by atoms with van der Waals surface area (Å²) in [5.74, 6) is 0.695. The van der Waals surface area contributed by atoms with Crippen LogP contribution in [0.3, 0.4) is 0 Å². The number of anilines is 1. The third-order valence-corrected chi connectivity index (χ3v) is 6.78. The maximum atomic E-state index is 13.8. The van der Waals surface area contributed by atoms with E-state index in [4.69, 9.17) is 9.84 Å². The van der Waals surface area contributed by atoms with Gasteiger partial charge in [0.05, 0.1) is 12.3 Å². The number of hydrogen-bond acceptors (Lipinski definition) is 4. The first-order valence-corrected chi connectivity index (χ1v) is 13.6. The summed E-state index contributed by atoms with van der Waals surface area (Å²) in [6.07, 6.45) is 8.36. The van der Waals surface area contributed by atoms with Gasteiger partial charge < -0.3 is 4.74 Å². The van der Waals surface area contributed by atoms with Crippen molar-refractivity contribution < 1.29 is 14.3 Å². The van der Waals surface area contributed by atoms with Gasteiger partial charge >= 0.3 is 5.97 Å². The van der Waals surface area contributed by atoms with Gasteiger partial charge in [-0.1, -0.05) is 53.2 Å². The number of rotatable bonds is 9. The predicted molar refractivity (Wildman–Crippen MR) is 143 cm³/mol. The van der Waals surface area contributed by atoms with Crippen molar-refractivity contribution in [3.8, 4) is 5.69 Å². The molecule has 6 heteroatoms. The minimum Gasteiger partial charge on any atom is -0.462 e. The Morgan fingerprint density at radius 2 is 1.71 bits per heavy atom. The molecule has 1 heterocycles. The molecule has 0 N–H and O–H groups in total. The zero-order valence-electron chi connectivity index (χ0n) is 22.8. The summed E-state index contributed by atoms with van der Waals surface area (Å²) in [5.41, 5.74) is 2.43. The highest BCUT2D eigenvalue weighted by Gasteiger charge is 2.35. The third-order valence-electron chi connectivity index (χ3n) is 6.78. The van der Waals surface area contributed by atoms with E-state index in [1.807, 2.05) is 26.0 Å². The van der Waals surface area contributed by atoms with Crippen molar-refractivity contribution in [1.29, 1.82) is 0 Å². The molecule has 1 saturated carbocycles. The van der Waals surface area contributed by atoms with E-state index in [0.717, 1.165) is 50.6 Å². The molecule has 2 aromatic rings. The first-order chi connectivity index (χ1) is 16.9. The number of aromatic nitrogens is 2. The molecule has 3 rings (SSSR count). The fraction of sp³-hybridized carbons (Fsp3) is 0.621. The van der Waals surface area contributed by atoms with E-state index in [0.29, 0.717) is 17.3 Å². The Morgan fingerprint density at radius 3 is 2.26 bits per heavy atom. The summed E-state index contributed by atoms with van der Waals surface area (Å²) in [4.78, 5) is 28.5. The van der Waals surface area contributed by atoms with E-state index in [1.165, 1.54) is 5.56 Å². The third kappa shape index (κ3) is 7.18. The Morgan fingerprint density at radius 1 is 1.09 bits per heavy atom. The van der Waals surface area contributed by atoms with E-state index in [1.54, 1.807) is 22.7 Å². The average Bonchev–Trinajstić information content (AvgIpc) is 3.31. The first-order valence-electron chi connectivity index (χ1n) is 13.6. The molecule has 194 valence electrons. The minimum absolute atomic E-state index is 0.0236. The molecule has 0 radical (unpaired) electrons. The summed E-state index contributed by atoms with van der Waals surface area (Å²) >= 11 is 0. The maximum Gasteiger partial charge on any atom is 0.343 e. The molecule has 35 heavy (non-hydrogen) atoms. The Kier molecular flexibility index (Phi) is 11.5. The molecule has 1 fully saturated rings. The maximum absolute atomic E-state index is 13.8. The Bertz CT molecular complexity index is 927. The van der Waals surface area contributed by atoms with Crippen molar-refractivity contribution in [3.05, 3.63) is 41.6 Å². The predicted octanol–water partition coefficient (Wildman–Crippen LogP) is 6.99. The number of esters is 1. The number of amides is 1. The van der Waals surface area contributed by atoms with Crippen molar-refractivity contribution in [2.45, 2.75) is 99.5 Å². The lowest BCUT2D eigenvalue weighted by Gasteiger charge is -2.34. The van der Waals surface area contributed by atoms with Crippen molar-refractivity contribution in [1.82, 2.24) is 9.78 Å². The number of carbonyl (C=O) groups is 2. The summed E-state index contributed by atoms with van der Waals surface area (Å²) < 4.78 is 7.05. The summed E-state index contributed by atoms with van der Waals surface area (Å²) in [7, 11) is 0. The van der Waals surface area contributed by atoms with Crippen LogP contribution in [-0.4, -0.2) is 34.3 Å². The van der Waals surface area contributed by atoms with Crippen molar-refractivity contribution in [3.63, 3.8) is 0 Å². The molecule has 0 spiro atoms. The molecule has 0 aliphatic heterocycles. The van der Waals surface area contributed by atoms with Crippen LogP contribution in [0.25, 0.3) is 5.69 Å². The second-order valence-electron chi connectivity index (χ2n) is 9.35. The first kappa shape index (κ1) is 28.6. The molecule has 1 unspecified atom stereocenters. The fourth-order valence-electron chi connectivity index (χ4n) is 4.69. The molecule has 1 atom stereocenters. The van der Waals surface area contributed by atoms with Crippen LogP contribution in [0.2, 0.25) is 0 Å². The Labute approximate surface area is 212 Å². The molecule has 0 bridgehead atoms. The molecule has 0 saturated heterocycles. The van der Waals surface area contributed by atoms with Gasteiger partial charge in [0.2, 0.25) is 5.91 Å². The van der Waals surface area contributed by atoms with Gasteiger partial charge in [0.1, 0.15) is 5.56 Å². The molecular formula is C29H45N3O3. The molecule has 1 aliphatic rings. The zero-order chi connectivity index (χ0) is 26.0. The Balaban J connectivity index is 0.00000210. The van der Waals surface area contributed by atoms with E-state index in [2.05, 4.69) is 39.8 Å². The van der Waals surface area contributed by atoms with Gasteiger partial charge in [-0.15, -0.1) is 5.10 Å². The van der Waals surface area contributed by atoms with E-state index >= 15 is 0 Å². The van der Waals surface area contributed by atoms with Crippen molar-refractivity contribution in [2.24, 2.45) is 11.8 Å². The van der Waals surface area contributed by atoms with Crippen LogP contribution in [-0.2, 0) is 16.0 Å². The lowest BCUT2D eigenvalue weighted by atomic mass is 9.82. The van der Waals surface area contributed by atoms with Crippen LogP contribution in [0, 0.1) is 11.8 Å². The smallest absolute Gasteiger partial charge is 0.343 e. The molecule has 6 nitrogen and oxygen atoms in total. The van der Waals surface area contributed by atoms with Crippen LogP contribution in [0.15, 0.2) is 30.5 Å². The lowest BCUT2D eigenvalue weighted by molar-refractivity contribution is -0.124. The van der Waals surface area contributed by atoms with E-state index < -0.39 is 5.97 Å². The largest absolute Gasteiger partial charge is 0.462 e. The van der Waals surface area contributed by atoms with Gasteiger partial charge in [-0.25, -0.2) is 9.48 Å². The number of carbonyl (C=O) groups excluding carboxylic acids is 2. The number of nitrogens with zero attached hydrogens (tertiary/aromatic N) is 3. The normalized spacial score (nSPS) is 18.3. The average molecular weight is 484 g/mol. The zero-order valence-corrected chi connectivity index (χ0v) is 22.8. The molecular weight excluding hydrogens is 438 g/mol. The van der Waals surface area contributed by atoms with Crippen molar-refractivity contribution in [2.75, 3.05) is 11.5 Å². The summed E-state index contributed by atoms with van der Waals surface area (Å²) in [5, 5.41) is 4.79. The summed E-state index contributed by atoms with van der Waals surface area (Å²) in [6.45, 7) is 14.6. The summed E-state index contributed by atoms with van der Waals surface area (Å²) in [6, 6.07) is 8.06. The van der Waals surface area contributed by atoms with Gasteiger partial charge in [-0.2, -0.15) is 0 Å². The van der Waals surface area contributed by atoms with E-state index in [-0.39, 0.29) is 24.5 Å². The highest BCUT2D eigenvalue weighted by atomic mass is 16.5. The number of benzene rings is 1. The molecule has 1 amide bonds. The van der Waals surface area contributed by atoms with Crippen LogP contribution in [0.5, 0.6) is 0 Å². The van der Waals surface area contributed by atoms with Crippen LogP contribution in [0.4, 0.5) is 5.82 Å². The standard InChI is InChI=1S/C27H39N3O3.C2H6/c1-6-9-20(5)30(26(31)22-14-10-19(4)11-15-22)25-24(27(32)33-8-3)18-29(28-25)23-16-12-21(7-2)13-17-23;1-2/h12-13,16-20,22H,6-11,14-15H2,1-5H3;1-2H3. The Hall–Kier alpha value is -2.63. The number of aryl methyl sites for hydroxylation is 1. The molecule has 1 aliphatic carbocycles. The second-order valence-corrected chi connectivity index (χ2v) is 9.35. The fourth-order valence-corrected chi connectivity index (χ4v) is 4.69. The quantitative estimate of drug-likeness (QED) is 0.361. The highest BCUT2D eigenvalue weighted by Crippen LogP contribution is 2.33. The van der Waals surface area contributed by atoms with Crippen LogP contribution >= 0.6 is 0 Å². The SMILES string of the molecule is CC.CCCC(C)N(C(=O)C1CCC(C)CC1)c1nn(-c2ccc(CC)cc2)cc1C(=O)OCC. The van der Waals surface area contributed by atoms with Crippen molar-refractivity contribution >= 4 is 17.7 Å².